The first-order valence-corrected chi connectivity index (χ1v) is 10.7. The van der Waals surface area contributed by atoms with Crippen molar-refractivity contribution in [1.29, 1.82) is 0 Å². The highest BCUT2D eigenvalue weighted by molar-refractivity contribution is 6.07. The molecule has 0 saturated carbocycles. The van der Waals surface area contributed by atoms with Crippen LogP contribution < -0.4 is 14.8 Å². The fourth-order valence-corrected chi connectivity index (χ4v) is 4.47. The van der Waals surface area contributed by atoms with Gasteiger partial charge in [0.1, 0.15) is 23.6 Å². The summed E-state index contributed by atoms with van der Waals surface area (Å²) in [5, 5.41) is 6.84. The van der Waals surface area contributed by atoms with Gasteiger partial charge >= 0.3 is 6.03 Å². The molecule has 3 amide bonds. The number of fused-ring (bicyclic) bond motifs is 1. The van der Waals surface area contributed by atoms with E-state index in [9.17, 15) is 9.59 Å². The Labute approximate surface area is 190 Å². The van der Waals surface area contributed by atoms with Gasteiger partial charge in [0.2, 0.25) is 11.7 Å². The Bertz CT molecular complexity index is 1250. The van der Waals surface area contributed by atoms with Crippen molar-refractivity contribution < 1.29 is 23.6 Å². The highest BCUT2D eigenvalue weighted by Crippen LogP contribution is 2.34. The van der Waals surface area contributed by atoms with Gasteiger partial charge in [0, 0.05) is 6.07 Å². The first-order chi connectivity index (χ1) is 15.9. The van der Waals surface area contributed by atoms with Crippen LogP contribution in [0.25, 0.3) is 11.4 Å². The highest BCUT2D eigenvalue weighted by atomic mass is 16.5. The SMILES string of the molecule is COc1ccc(-c2noc(CN3C(=O)N[C@@](C)(c4ccc5c(c4)CCC5)C3=O)n2)c(OC)c1. The van der Waals surface area contributed by atoms with E-state index in [4.69, 9.17) is 14.0 Å². The molecular weight excluding hydrogens is 424 g/mol. The van der Waals surface area contributed by atoms with E-state index in [-0.39, 0.29) is 24.2 Å². The summed E-state index contributed by atoms with van der Waals surface area (Å²) in [6, 6.07) is 10.7. The zero-order valence-corrected chi connectivity index (χ0v) is 18.7. The van der Waals surface area contributed by atoms with E-state index in [1.54, 1.807) is 32.2 Å². The van der Waals surface area contributed by atoms with Crippen LogP contribution in [0.1, 0.15) is 35.9 Å². The largest absolute Gasteiger partial charge is 0.497 e. The second kappa shape index (κ2) is 7.91. The fraction of sp³-hybridized carbons (Fsp3) is 0.333. The molecule has 0 spiro atoms. The van der Waals surface area contributed by atoms with Crippen molar-refractivity contribution in [2.24, 2.45) is 0 Å². The van der Waals surface area contributed by atoms with E-state index in [2.05, 4.69) is 21.5 Å². The Morgan fingerprint density at radius 3 is 2.70 bits per heavy atom. The molecule has 1 aromatic heterocycles. The normalized spacial score (nSPS) is 19.5. The van der Waals surface area contributed by atoms with Crippen LogP contribution in [0, 0.1) is 0 Å². The van der Waals surface area contributed by atoms with E-state index >= 15 is 0 Å². The van der Waals surface area contributed by atoms with Crippen molar-refractivity contribution in [3.05, 3.63) is 59.0 Å². The Kier molecular flexibility index (Phi) is 5.03. The molecule has 170 valence electrons. The van der Waals surface area contributed by atoms with E-state index in [0.29, 0.717) is 17.1 Å². The van der Waals surface area contributed by atoms with Gasteiger partial charge in [-0.3, -0.25) is 9.69 Å². The van der Waals surface area contributed by atoms with Gasteiger partial charge in [0.05, 0.1) is 19.8 Å². The summed E-state index contributed by atoms with van der Waals surface area (Å²) in [5.74, 6) is 1.22. The van der Waals surface area contributed by atoms with Crippen molar-refractivity contribution in [2.75, 3.05) is 14.2 Å². The lowest BCUT2D eigenvalue weighted by Crippen LogP contribution is -2.41. The van der Waals surface area contributed by atoms with Crippen LogP contribution in [0.5, 0.6) is 11.5 Å². The molecule has 0 unspecified atom stereocenters. The van der Waals surface area contributed by atoms with E-state index < -0.39 is 11.6 Å². The van der Waals surface area contributed by atoms with Crippen LogP contribution in [0.15, 0.2) is 40.9 Å². The van der Waals surface area contributed by atoms with Gasteiger partial charge in [-0.25, -0.2) is 4.79 Å². The quantitative estimate of drug-likeness (QED) is 0.577. The van der Waals surface area contributed by atoms with Gasteiger partial charge in [-0.15, -0.1) is 0 Å². The molecular formula is C24H24N4O5. The predicted molar refractivity (Wildman–Crippen MR) is 118 cm³/mol. The van der Waals surface area contributed by atoms with Gasteiger partial charge in [-0.2, -0.15) is 4.98 Å². The van der Waals surface area contributed by atoms with Crippen molar-refractivity contribution in [2.45, 2.75) is 38.3 Å². The average Bonchev–Trinajstić information content (AvgIpc) is 3.54. The summed E-state index contributed by atoms with van der Waals surface area (Å²) in [6.45, 7) is 1.60. The summed E-state index contributed by atoms with van der Waals surface area (Å²) in [6.07, 6.45) is 3.16. The molecule has 2 aliphatic rings. The molecule has 1 saturated heterocycles. The molecule has 0 bridgehead atoms. The molecule has 2 heterocycles. The number of aryl methyl sites for hydroxylation is 2. The van der Waals surface area contributed by atoms with Crippen molar-refractivity contribution in [1.82, 2.24) is 20.4 Å². The van der Waals surface area contributed by atoms with E-state index in [1.165, 1.54) is 18.2 Å². The monoisotopic (exact) mass is 448 g/mol. The zero-order chi connectivity index (χ0) is 23.2. The summed E-state index contributed by atoms with van der Waals surface area (Å²) in [5.41, 5.74) is 2.79. The maximum atomic E-state index is 13.3. The number of carbonyl (C=O) groups excluding carboxylic acids is 2. The third-order valence-corrected chi connectivity index (χ3v) is 6.36. The topological polar surface area (TPSA) is 107 Å². The highest BCUT2D eigenvalue weighted by Gasteiger charge is 2.49. The molecule has 1 N–H and O–H groups in total. The smallest absolute Gasteiger partial charge is 0.325 e. The van der Waals surface area contributed by atoms with Crippen LogP contribution in [-0.4, -0.2) is 41.2 Å². The van der Waals surface area contributed by atoms with Crippen molar-refractivity contribution in [3.8, 4) is 22.9 Å². The van der Waals surface area contributed by atoms with Gasteiger partial charge in [0.25, 0.3) is 5.91 Å². The second-order valence-electron chi connectivity index (χ2n) is 8.36. The lowest BCUT2D eigenvalue weighted by molar-refractivity contribution is -0.131. The Balaban J connectivity index is 1.38. The van der Waals surface area contributed by atoms with Gasteiger partial charge in [-0.05, 0) is 55.0 Å². The molecule has 5 rings (SSSR count). The summed E-state index contributed by atoms with van der Waals surface area (Å²) >= 11 is 0. The van der Waals surface area contributed by atoms with Crippen LogP contribution >= 0.6 is 0 Å². The van der Waals surface area contributed by atoms with E-state index in [1.807, 2.05) is 12.1 Å². The number of amides is 3. The minimum Gasteiger partial charge on any atom is -0.497 e. The summed E-state index contributed by atoms with van der Waals surface area (Å²) < 4.78 is 16.0. The maximum Gasteiger partial charge on any atom is 0.325 e. The Morgan fingerprint density at radius 2 is 1.91 bits per heavy atom. The van der Waals surface area contributed by atoms with Gasteiger partial charge < -0.3 is 19.3 Å². The van der Waals surface area contributed by atoms with Crippen LogP contribution in [0.4, 0.5) is 4.79 Å². The number of nitrogens with one attached hydrogen (secondary N) is 1. The molecule has 1 aliphatic carbocycles. The van der Waals surface area contributed by atoms with E-state index in [0.717, 1.165) is 29.7 Å². The second-order valence-corrected chi connectivity index (χ2v) is 8.36. The minimum absolute atomic E-state index is 0.128. The van der Waals surface area contributed by atoms with Gasteiger partial charge in [0.15, 0.2) is 0 Å². The molecule has 33 heavy (non-hydrogen) atoms. The molecule has 9 nitrogen and oxygen atoms in total. The lowest BCUT2D eigenvalue weighted by atomic mass is 9.90. The molecule has 1 fully saturated rings. The summed E-state index contributed by atoms with van der Waals surface area (Å²) in [7, 11) is 3.10. The van der Waals surface area contributed by atoms with Crippen LogP contribution in [-0.2, 0) is 29.7 Å². The Hall–Kier alpha value is -3.88. The first kappa shape index (κ1) is 21.0. The number of rotatable bonds is 6. The van der Waals surface area contributed by atoms with Crippen molar-refractivity contribution in [3.63, 3.8) is 0 Å². The number of aromatic nitrogens is 2. The molecule has 1 atom stereocenters. The number of methoxy groups -OCH3 is 2. The lowest BCUT2D eigenvalue weighted by Gasteiger charge is -2.22. The third kappa shape index (κ3) is 3.49. The number of hydrogen-bond donors (Lipinski definition) is 1. The van der Waals surface area contributed by atoms with Crippen LogP contribution in [0.3, 0.4) is 0 Å². The van der Waals surface area contributed by atoms with Gasteiger partial charge in [-0.1, -0.05) is 23.4 Å². The average molecular weight is 448 g/mol. The number of carbonyl (C=O) groups is 2. The molecule has 1 aliphatic heterocycles. The first-order valence-electron chi connectivity index (χ1n) is 10.7. The minimum atomic E-state index is -1.14. The third-order valence-electron chi connectivity index (χ3n) is 6.36. The zero-order valence-electron chi connectivity index (χ0n) is 18.7. The number of benzene rings is 2. The molecule has 0 radical (unpaired) electrons. The maximum absolute atomic E-state index is 13.3. The predicted octanol–water partition coefficient (Wildman–Crippen LogP) is 3.21. The molecule has 2 aromatic carbocycles. The standard InChI is InChI=1S/C24H24N4O5/c1-24(16-8-7-14-5-4-6-15(14)11-16)22(29)28(23(30)26-24)13-20-25-21(27-33-20)18-10-9-17(31-2)12-19(18)32-3/h7-12H,4-6,13H2,1-3H3,(H,26,30)/t24-/m0/s1. The number of hydrogen-bond acceptors (Lipinski definition) is 7. The van der Waals surface area contributed by atoms with Crippen molar-refractivity contribution >= 4 is 11.9 Å². The summed E-state index contributed by atoms with van der Waals surface area (Å²) in [4.78, 5) is 31.5. The molecule has 9 heteroatoms. The number of urea groups is 1. The number of imide groups is 1. The number of ether oxygens (including phenoxy) is 2. The van der Waals surface area contributed by atoms with Crippen LogP contribution in [0.2, 0.25) is 0 Å². The Morgan fingerprint density at radius 1 is 1.09 bits per heavy atom. The molecule has 3 aromatic rings. The fourth-order valence-electron chi connectivity index (χ4n) is 4.47. The number of nitrogens with zero attached hydrogens (tertiary/aromatic N) is 3.